The number of para-hydroxylation sites is 1. The van der Waals surface area contributed by atoms with Crippen LogP contribution in [-0.4, -0.2) is 91.1 Å². The maximum atomic E-state index is 14.2. The Labute approximate surface area is 274 Å². The quantitative estimate of drug-likeness (QED) is 0.225. The van der Waals surface area contributed by atoms with Crippen LogP contribution < -0.4 is 16.2 Å². The number of piperidine rings is 1. The molecule has 12 nitrogen and oxygen atoms in total. The minimum Gasteiger partial charge on any atom is -0.457 e. The van der Waals surface area contributed by atoms with Crippen LogP contribution in [0.4, 0.5) is 5.82 Å². The van der Waals surface area contributed by atoms with Crippen LogP contribution in [0.5, 0.6) is 11.5 Å². The van der Waals surface area contributed by atoms with E-state index >= 15 is 0 Å². The third-order valence-corrected chi connectivity index (χ3v) is 9.29. The molecule has 6 rings (SSSR count). The van der Waals surface area contributed by atoms with Gasteiger partial charge in [0.2, 0.25) is 0 Å². The van der Waals surface area contributed by atoms with Gasteiger partial charge in [0.15, 0.2) is 11.5 Å². The first-order chi connectivity index (χ1) is 22.7. The van der Waals surface area contributed by atoms with Gasteiger partial charge < -0.3 is 20.3 Å². The molecule has 1 amide bonds. The van der Waals surface area contributed by atoms with Crippen molar-refractivity contribution in [2.45, 2.75) is 45.2 Å². The minimum absolute atomic E-state index is 0.118. The second kappa shape index (κ2) is 13.4. The number of nitrogens with two attached hydrogens (primary N) is 1. The van der Waals surface area contributed by atoms with E-state index in [4.69, 9.17) is 10.5 Å². The third kappa shape index (κ3) is 6.50. The Hall–Kier alpha value is -4.99. The molecule has 12 heteroatoms. The van der Waals surface area contributed by atoms with Crippen LogP contribution in [-0.2, 0) is 4.79 Å². The summed E-state index contributed by atoms with van der Waals surface area (Å²) in [7, 11) is 0. The highest BCUT2D eigenvalue weighted by Crippen LogP contribution is 2.30. The Kier molecular flexibility index (Phi) is 9.11. The zero-order chi connectivity index (χ0) is 33.1. The van der Waals surface area contributed by atoms with E-state index in [2.05, 4.69) is 46.6 Å². The summed E-state index contributed by atoms with van der Waals surface area (Å²) in [5.74, 6) is 1.18. The van der Waals surface area contributed by atoms with Gasteiger partial charge in [-0.1, -0.05) is 25.1 Å². The molecule has 0 unspecified atom stereocenters. The fraction of sp³-hybridized carbons (Fsp3) is 0.400. The van der Waals surface area contributed by atoms with Crippen molar-refractivity contribution in [1.29, 1.82) is 5.26 Å². The van der Waals surface area contributed by atoms with Gasteiger partial charge >= 0.3 is 5.69 Å². The lowest BCUT2D eigenvalue weighted by atomic mass is 9.96. The number of likely N-dealkylation sites (N-methyl/N-ethyl adjacent to an activating group) is 1. The predicted octanol–water partition coefficient (Wildman–Crippen LogP) is 3.99. The van der Waals surface area contributed by atoms with Crippen molar-refractivity contribution in [2.75, 3.05) is 51.5 Å². The highest BCUT2D eigenvalue weighted by molar-refractivity contribution is 5.97. The van der Waals surface area contributed by atoms with E-state index < -0.39 is 5.54 Å². The van der Waals surface area contributed by atoms with E-state index in [0.717, 1.165) is 32.7 Å². The fourth-order valence-electron chi connectivity index (χ4n) is 6.67. The van der Waals surface area contributed by atoms with Crippen molar-refractivity contribution in [3.05, 3.63) is 83.1 Å². The molecule has 244 valence electrons. The lowest BCUT2D eigenvalue weighted by molar-refractivity contribution is -0.128. The SMILES string of the molecule is CCN1CCN(C(C)(C)/C=C(/C#N)C(=O)N2CCC[C@H](n3c(=O)n(-c4ccc(Oc5ccccc5)cc4)c4c(N)ncnc43)C2)CC1. The molecule has 4 heterocycles. The number of carbonyl (C=O) groups is 1. The van der Waals surface area contributed by atoms with Gasteiger partial charge in [0, 0.05) is 44.8 Å². The van der Waals surface area contributed by atoms with E-state index in [0.29, 0.717) is 47.7 Å². The van der Waals surface area contributed by atoms with Gasteiger partial charge in [-0.2, -0.15) is 5.26 Å². The number of fused-ring (bicyclic) bond motifs is 1. The van der Waals surface area contributed by atoms with Gasteiger partial charge in [-0.15, -0.1) is 0 Å². The molecule has 2 fully saturated rings. The van der Waals surface area contributed by atoms with Crippen molar-refractivity contribution in [1.82, 2.24) is 33.8 Å². The molecule has 1 atom stereocenters. The molecule has 2 aromatic carbocycles. The number of benzene rings is 2. The highest BCUT2D eigenvalue weighted by Gasteiger charge is 2.34. The van der Waals surface area contributed by atoms with Crippen LogP contribution in [0, 0.1) is 11.3 Å². The van der Waals surface area contributed by atoms with Crippen LogP contribution in [0.1, 0.15) is 39.7 Å². The topological polar surface area (TPSA) is 139 Å². The number of piperazine rings is 1. The molecule has 2 aliphatic heterocycles. The Bertz CT molecular complexity index is 1860. The molecule has 0 spiro atoms. The molecule has 0 radical (unpaired) electrons. The lowest BCUT2D eigenvalue weighted by Crippen LogP contribution is -2.54. The molecule has 2 aromatic heterocycles. The maximum absolute atomic E-state index is 14.2. The van der Waals surface area contributed by atoms with Crippen LogP contribution in [0.25, 0.3) is 16.9 Å². The molecule has 0 aliphatic carbocycles. The van der Waals surface area contributed by atoms with Gasteiger partial charge in [-0.25, -0.2) is 14.8 Å². The number of likely N-dealkylation sites (tertiary alicyclic amines) is 1. The highest BCUT2D eigenvalue weighted by atomic mass is 16.5. The Morgan fingerprint density at radius 1 is 1.04 bits per heavy atom. The van der Waals surface area contributed by atoms with E-state index in [1.807, 2.05) is 30.3 Å². The smallest absolute Gasteiger partial charge is 0.335 e. The Morgan fingerprint density at radius 3 is 2.43 bits per heavy atom. The summed E-state index contributed by atoms with van der Waals surface area (Å²) < 4.78 is 9.07. The monoisotopic (exact) mass is 635 g/mol. The summed E-state index contributed by atoms with van der Waals surface area (Å²) in [6.07, 6.45) is 4.48. The Balaban J connectivity index is 1.27. The van der Waals surface area contributed by atoms with E-state index in [-0.39, 0.29) is 35.6 Å². The minimum atomic E-state index is -0.462. The lowest BCUT2D eigenvalue weighted by Gasteiger charge is -2.42. The van der Waals surface area contributed by atoms with Gasteiger partial charge in [0.1, 0.15) is 35.0 Å². The average molecular weight is 636 g/mol. The molecule has 0 saturated carbocycles. The standard InChI is InChI=1S/C35H41N9O3/c1-4-40-17-19-42(20-18-40)35(2,3)21-25(22-36)33(45)41-16-8-9-27(23-41)44-32-30(31(37)38-24-39-32)43(34(44)46)26-12-14-29(15-13-26)47-28-10-6-5-7-11-28/h5-7,10-15,21,24,27H,4,8-9,16-20,23H2,1-3H3,(H2,37,38,39)/b25-21-/t27-/m0/s1. The van der Waals surface area contributed by atoms with Gasteiger partial charge in [0.05, 0.1) is 11.7 Å². The first kappa shape index (κ1) is 32.0. The summed E-state index contributed by atoms with van der Waals surface area (Å²) >= 11 is 0. The van der Waals surface area contributed by atoms with Crippen molar-refractivity contribution < 1.29 is 9.53 Å². The summed E-state index contributed by atoms with van der Waals surface area (Å²) in [4.78, 5) is 43.1. The van der Waals surface area contributed by atoms with Crippen LogP contribution >= 0.6 is 0 Å². The number of nitrogen functional groups attached to an aromatic ring is 1. The number of imidazole rings is 1. The summed E-state index contributed by atoms with van der Waals surface area (Å²) in [6.45, 7) is 11.7. The van der Waals surface area contributed by atoms with Gasteiger partial charge in [-0.3, -0.25) is 18.8 Å². The average Bonchev–Trinajstić information content (AvgIpc) is 3.40. The molecular weight excluding hydrogens is 594 g/mol. The summed E-state index contributed by atoms with van der Waals surface area (Å²) in [5, 5.41) is 10.1. The number of hydrogen-bond acceptors (Lipinski definition) is 9. The molecule has 2 saturated heterocycles. The number of anilines is 1. The van der Waals surface area contributed by atoms with Crippen LogP contribution in [0.2, 0.25) is 0 Å². The Morgan fingerprint density at radius 2 is 1.74 bits per heavy atom. The van der Waals surface area contributed by atoms with E-state index in [1.54, 1.807) is 39.8 Å². The molecular formula is C35H41N9O3. The molecule has 4 aromatic rings. The molecule has 0 bridgehead atoms. The van der Waals surface area contributed by atoms with Crippen molar-refractivity contribution in [3.8, 4) is 23.3 Å². The zero-order valence-electron chi connectivity index (χ0n) is 27.2. The number of amides is 1. The van der Waals surface area contributed by atoms with Gasteiger partial charge in [0.25, 0.3) is 5.91 Å². The van der Waals surface area contributed by atoms with Crippen molar-refractivity contribution >= 4 is 22.9 Å². The zero-order valence-corrected chi connectivity index (χ0v) is 27.2. The first-order valence-electron chi connectivity index (χ1n) is 16.2. The van der Waals surface area contributed by atoms with Crippen LogP contribution in [0.15, 0.2) is 77.4 Å². The van der Waals surface area contributed by atoms with Crippen LogP contribution in [0.3, 0.4) is 0 Å². The number of hydrogen-bond donors (Lipinski definition) is 1. The largest absolute Gasteiger partial charge is 0.457 e. The normalized spacial score (nSPS) is 18.3. The summed E-state index contributed by atoms with van der Waals surface area (Å²) in [6, 6.07) is 18.4. The second-order valence-corrected chi connectivity index (χ2v) is 12.6. The number of rotatable bonds is 8. The number of aromatic nitrogens is 4. The summed E-state index contributed by atoms with van der Waals surface area (Å²) in [5.41, 5.74) is 7.06. The molecule has 2 aliphatic rings. The predicted molar refractivity (Wildman–Crippen MR) is 180 cm³/mol. The maximum Gasteiger partial charge on any atom is 0.335 e. The second-order valence-electron chi connectivity index (χ2n) is 12.6. The van der Waals surface area contributed by atoms with E-state index in [9.17, 15) is 14.9 Å². The first-order valence-corrected chi connectivity index (χ1v) is 16.2. The number of carbonyl (C=O) groups excluding carboxylic acids is 1. The molecule has 47 heavy (non-hydrogen) atoms. The third-order valence-electron chi connectivity index (χ3n) is 9.29. The molecule has 2 N–H and O–H groups in total. The van der Waals surface area contributed by atoms with Gasteiger partial charge in [-0.05, 0) is 75.7 Å². The number of ether oxygens (including phenoxy) is 1. The number of nitriles is 1. The van der Waals surface area contributed by atoms with Crippen molar-refractivity contribution in [3.63, 3.8) is 0 Å². The number of nitrogens with zero attached hydrogens (tertiary/aromatic N) is 8. The van der Waals surface area contributed by atoms with E-state index in [1.165, 1.54) is 10.9 Å². The van der Waals surface area contributed by atoms with Crippen molar-refractivity contribution in [2.24, 2.45) is 0 Å². The fourth-order valence-corrected chi connectivity index (χ4v) is 6.67.